The number of para-hydroxylation sites is 1. The highest BCUT2D eigenvalue weighted by atomic mass is 15.0. The van der Waals surface area contributed by atoms with Gasteiger partial charge in [0.1, 0.15) is 12.1 Å². The third-order valence-corrected chi connectivity index (χ3v) is 2.46. The predicted octanol–water partition coefficient (Wildman–Crippen LogP) is 2.45. The molecule has 2 aromatic rings. The minimum atomic E-state index is 0.0123. The molecule has 1 heterocycles. The Morgan fingerprint density at radius 1 is 1.38 bits per heavy atom. The van der Waals surface area contributed by atoms with E-state index in [0.29, 0.717) is 0 Å². The first-order valence-corrected chi connectivity index (χ1v) is 5.27. The molecule has 0 radical (unpaired) electrons. The predicted molar refractivity (Wildman–Crippen MR) is 66.1 cm³/mol. The van der Waals surface area contributed by atoms with Crippen molar-refractivity contribution >= 4 is 16.7 Å². The lowest BCUT2D eigenvalue weighted by Crippen LogP contribution is -2.16. The molecule has 80 valence electrons. The van der Waals surface area contributed by atoms with Gasteiger partial charge in [-0.25, -0.2) is 9.97 Å². The van der Waals surface area contributed by atoms with Crippen molar-refractivity contribution in [2.75, 3.05) is 5.32 Å². The molecule has 1 unspecified atom stereocenters. The molecule has 0 saturated carbocycles. The summed E-state index contributed by atoms with van der Waals surface area (Å²) >= 11 is 0. The van der Waals surface area contributed by atoms with Crippen molar-refractivity contribution in [2.45, 2.75) is 19.4 Å². The van der Waals surface area contributed by atoms with Gasteiger partial charge in [-0.15, -0.1) is 6.42 Å². The van der Waals surface area contributed by atoms with Gasteiger partial charge in [0.05, 0.1) is 11.6 Å². The highest BCUT2D eigenvalue weighted by Gasteiger charge is 2.06. The van der Waals surface area contributed by atoms with Crippen LogP contribution in [0.25, 0.3) is 10.9 Å². The number of nitrogens with zero attached hydrogens (tertiary/aromatic N) is 2. The van der Waals surface area contributed by atoms with Crippen molar-refractivity contribution in [3.05, 3.63) is 30.6 Å². The van der Waals surface area contributed by atoms with Gasteiger partial charge in [0.2, 0.25) is 0 Å². The summed E-state index contributed by atoms with van der Waals surface area (Å²) < 4.78 is 0. The molecular weight excluding hydrogens is 198 g/mol. The molecule has 1 N–H and O–H groups in total. The van der Waals surface area contributed by atoms with Crippen molar-refractivity contribution in [1.29, 1.82) is 0 Å². The van der Waals surface area contributed by atoms with E-state index in [-0.39, 0.29) is 6.04 Å². The Morgan fingerprint density at radius 3 is 2.94 bits per heavy atom. The molecule has 3 nitrogen and oxygen atoms in total. The van der Waals surface area contributed by atoms with E-state index in [9.17, 15) is 0 Å². The SMILES string of the molecule is C#CC(CC)Nc1ncnc2ccccc12. The molecule has 3 heteroatoms. The van der Waals surface area contributed by atoms with Crippen LogP contribution in [0.5, 0.6) is 0 Å². The highest BCUT2D eigenvalue weighted by Crippen LogP contribution is 2.19. The smallest absolute Gasteiger partial charge is 0.138 e. The Balaban J connectivity index is 2.41. The fraction of sp³-hybridized carbons (Fsp3) is 0.231. The van der Waals surface area contributed by atoms with Crippen molar-refractivity contribution in [3.8, 4) is 12.3 Å². The van der Waals surface area contributed by atoms with Gasteiger partial charge in [-0.3, -0.25) is 0 Å². The van der Waals surface area contributed by atoms with E-state index in [1.54, 1.807) is 6.33 Å². The molecule has 0 saturated heterocycles. The summed E-state index contributed by atoms with van der Waals surface area (Å²) in [7, 11) is 0. The second kappa shape index (κ2) is 4.63. The molecule has 1 aromatic carbocycles. The quantitative estimate of drug-likeness (QED) is 0.792. The molecule has 0 amide bonds. The fourth-order valence-electron chi connectivity index (χ4n) is 1.55. The molecule has 0 fully saturated rings. The summed E-state index contributed by atoms with van der Waals surface area (Å²) in [6.45, 7) is 2.04. The maximum absolute atomic E-state index is 5.42. The molecule has 2 rings (SSSR count). The standard InChI is InChI=1S/C13H13N3/c1-3-10(4-2)16-13-11-7-5-6-8-12(11)14-9-15-13/h1,5-10H,4H2,2H3,(H,14,15,16). The Hall–Kier alpha value is -2.08. The molecule has 0 aliphatic heterocycles. The van der Waals surface area contributed by atoms with E-state index in [1.165, 1.54) is 0 Å². The van der Waals surface area contributed by atoms with Crippen molar-refractivity contribution < 1.29 is 0 Å². The van der Waals surface area contributed by atoms with E-state index in [0.717, 1.165) is 23.1 Å². The topological polar surface area (TPSA) is 37.8 Å². The first-order valence-electron chi connectivity index (χ1n) is 5.27. The molecule has 0 aliphatic carbocycles. The maximum atomic E-state index is 5.42. The van der Waals surface area contributed by atoms with E-state index >= 15 is 0 Å². The first kappa shape index (κ1) is 10.4. The number of terminal acetylenes is 1. The molecule has 0 spiro atoms. The largest absolute Gasteiger partial charge is 0.356 e. The first-order chi connectivity index (χ1) is 7.85. The van der Waals surface area contributed by atoms with Crippen LogP contribution in [0.3, 0.4) is 0 Å². The number of fused-ring (bicyclic) bond motifs is 1. The van der Waals surface area contributed by atoms with E-state index in [2.05, 4.69) is 21.2 Å². The van der Waals surface area contributed by atoms with Crippen LogP contribution >= 0.6 is 0 Å². The van der Waals surface area contributed by atoms with Gasteiger partial charge in [-0.1, -0.05) is 25.0 Å². The lowest BCUT2D eigenvalue weighted by atomic mass is 10.2. The molecule has 0 aliphatic rings. The van der Waals surface area contributed by atoms with Crippen LogP contribution in [0.1, 0.15) is 13.3 Å². The summed E-state index contributed by atoms with van der Waals surface area (Å²) in [4.78, 5) is 8.42. The lowest BCUT2D eigenvalue weighted by Gasteiger charge is -2.12. The molecule has 16 heavy (non-hydrogen) atoms. The van der Waals surface area contributed by atoms with Crippen LogP contribution in [-0.4, -0.2) is 16.0 Å². The number of aromatic nitrogens is 2. The van der Waals surface area contributed by atoms with Gasteiger partial charge in [0, 0.05) is 5.39 Å². The molecular formula is C13H13N3. The summed E-state index contributed by atoms with van der Waals surface area (Å²) in [5.41, 5.74) is 0.923. The number of rotatable bonds is 3. The highest BCUT2D eigenvalue weighted by molar-refractivity contribution is 5.88. The maximum Gasteiger partial charge on any atom is 0.138 e. The van der Waals surface area contributed by atoms with Crippen LogP contribution in [-0.2, 0) is 0 Å². The normalized spacial score (nSPS) is 12.0. The monoisotopic (exact) mass is 211 g/mol. The van der Waals surface area contributed by atoms with Crippen molar-refractivity contribution in [2.24, 2.45) is 0 Å². The summed E-state index contributed by atoms with van der Waals surface area (Å²) in [5.74, 6) is 3.49. The number of nitrogens with one attached hydrogen (secondary N) is 1. The third-order valence-electron chi connectivity index (χ3n) is 2.46. The Bertz CT molecular complexity index is 523. The second-order valence-corrected chi connectivity index (χ2v) is 3.51. The van der Waals surface area contributed by atoms with E-state index < -0.39 is 0 Å². The Morgan fingerprint density at radius 2 is 2.19 bits per heavy atom. The van der Waals surface area contributed by atoms with Crippen molar-refractivity contribution in [3.63, 3.8) is 0 Å². The zero-order valence-electron chi connectivity index (χ0n) is 9.14. The summed E-state index contributed by atoms with van der Waals surface area (Å²) in [6, 6.07) is 7.88. The van der Waals surface area contributed by atoms with E-state index in [1.807, 2.05) is 31.2 Å². The number of benzene rings is 1. The van der Waals surface area contributed by atoms with Crippen molar-refractivity contribution in [1.82, 2.24) is 9.97 Å². The molecule has 1 aromatic heterocycles. The van der Waals surface area contributed by atoms with Gasteiger partial charge in [-0.05, 0) is 18.6 Å². The van der Waals surface area contributed by atoms with Crippen LogP contribution in [0.2, 0.25) is 0 Å². The minimum Gasteiger partial charge on any atom is -0.356 e. The summed E-state index contributed by atoms with van der Waals surface area (Å²) in [5, 5.41) is 4.23. The van der Waals surface area contributed by atoms with E-state index in [4.69, 9.17) is 6.42 Å². The fourth-order valence-corrected chi connectivity index (χ4v) is 1.55. The minimum absolute atomic E-state index is 0.0123. The van der Waals surface area contributed by atoms with Crippen LogP contribution < -0.4 is 5.32 Å². The number of anilines is 1. The Kier molecular flexibility index (Phi) is 3.02. The lowest BCUT2D eigenvalue weighted by molar-refractivity contribution is 0.852. The van der Waals surface area contributed by atoms with Gasteiger partial charge >= 0.3 is 0 Å². The zero-order valence-corrected chi connectivity index (χ0v) is 9.14. The average Bonchev–Trinajstić information content (AvgIpc) is 2.36. The van der Waals surface area contributed by atoms with Crippen LogP contribution in [0.4, 0.5) is 5.82 Å². The molecule has 1 atom stereocenters. The van der Waals surface area contributed by atoms with Gasteiger partial charge < -0.3 is 5.32 Å². The number of hydrogen-bond acceptors (Lipinski definition) is 3. The average molecular weight is 211 g/mol. The third kappa shape index (κ3) is 1.96. The second-order valence-electron chi connectivity index (χ2n) is 3.51. The van der Waals surface area contributed by atoms with Gasteiger partial charge in [0.25, 0.3) is 0 Å². The number of hydrogen-bond donors (Lipinski definition) is 1. The van der Waals surface area contributed by atoms with Crippen LogP contribution in [0.15, 0.2) is 30.6 Å². The van der Waals surface area contributed by atoms with Crippen LogP contribution in [0, 0.1) is 12.3 Å². The van der Waals surface area contributed by atoms with Gasteiger partial charge in [-0.2, -0.15) is 0 Å². The summed E-state index contributed by atoms with van der Waals surface area (Å²) in [6.07, 6.45) is 7.84. The van der Waals surface area contributed by atoms with Gasteiger partial charge in [0.15, 0.2) is 0 Å². The Labute approximate surface area is 94.9 Å². The molecule has 0 bridgehead atoms. The zero-order chi connectivity index (χ0) is 11.4.